The zero-order valence-electron chi connectivity index (χ0n) is 6.38. The first kappa shape index (κ1) is 6.71. The summed E-state index contributed by atoms with van der Waals surface area (Å²) in [6.45, 7) is 0. The second-order valence-electron chi connectivity index (χ2n) is 2.95. The van der Waals surface area contributed by atoms with Crippen molar-refractivity contribution in [1.82, 2.24) is 0 Å². The van der Waals surface area contributed by atoms with Crippen LogP contribution in [0.4, 0.5) is 0 Å². The molecule has 0 amide bonds. The van der Waals surface area contributed by atoms with Crippen molar-refractivity contribution in [1.29, 1.82) is 0 Å². The van der Waals surface area contributed by atoms with Crippen LogP contribution in [0.25, 0.3) is 0 Å². The van der Waals surface area contributed by atoms with Gasteiger partial charge in [0.2, 0.25) is 0 Å². The van der Waals surface area contributed by atoms with E-state index in [1.165, 1.54) is 5.56 Å². The van der Waals surface area contributed by atoms with E-state index in [4.69, 9.17) is 0 Å². The molecule has 0 unspecified atom stereocenters. The smallest absolute Gasteiger partial charge is 0.119 e. The van der Waals surface area contributed by atoms with Gasteiger partial charge in [-0.3, -0.25) is 0 Å². The van der Waals surface area contributed by atoms with Crippen LogP contribution in [0, 0.1) is 6.42 Å². The molecule has 1 nitrogen and oxygen atoms in total. The predicted octanol–water partition coefficient (Wildman–Crippen LogP) is 2.09. The topological polar surface area (TPSA) is 20.2 Å². The molecule has 1 aromatic carbocycles. The van der Waals surface area contributed by atoms with Crippen LogP contribution in [-0.4, -0.2) is 5.11 Å². The summed E-state index contributed by atoms with van der Waals surface area (Å²) in [7, 11) is 0. The number of aromatic hydroxyl groups is 1. The number of rotatable bonds is 0. The molecule has 1 N–H and O–H groups in total. The third kappa shape index (κ3) is 1.11. The average molecular weight is 147 g/mol. The lowest BCUT2D eigenvalue weighted by atomic mass is 9.91. The second kappa shape index (κ2) is 2.57. The minimum Gasteiger partial charge on any atom is -0.508 e. The van der Waals surface area contributed by atoms with Gasteiger partial charge in [-0.05, 0) is 42.9 Å². The van der Waals surface area contributed by atoms with Crippen molar-refractivity contribution in [2.75, 3.05) is 0 Å². The Hall–Kier alpha value is -0.980. The molecular weight excluding hydrogens is 136 g/mol. The Morgan fingerprint density at radius 1 is 1.27 bits per heavy atom. The lowest BCUT2D eigenvalue weighted by molar-refractivity contribution is 0.465. The molecule has 0 heterocycles. The highest BCUT2D eigenvalue weighted by Gasteiger charge is 2.11. The molecule has 0 fully saturated rings. The second-order valence-corrected chi connectivity index (χ2v) is 2.95. The molecule has 1 heteroatoms. The van der Waals surface area contributed by atoms with Crippen LogP contribution in [0.15, 0.2) is 18.2 Å². The van der Waals surface area contributed by atoms with Crippen LogP contribution < -0.4 is 0 Å². The minimum absolute atomic E-state index is 0.468. The molecular formula is C10H11O. The number of phenolic OH excluding ortho intramolecular Hbond substituents is 1. The number of phenols is 1. The highest BCUT2D eigenvalue weighted by molar-refractivity contribution is 5.41. The van der Waals surface area contributed by atoms with Gasteiger partial charge < -0.3 is 5.11 Å². The molecule has 0 spiro atoms. The minimum atomic E-state index is 0.468. The summed E-state index contributed by atoms with van der Waals surface area (Å²) in [5.41, 5.74) is 2.44. The van der Waals surface area contributed by atoms with Gasteiger partial charge in [0.25, 0.3) is 0 Å². The van der Waals surface area contributed by atoms with Gasteiger partial charge in [0, 0.05) is 0 Å². The summed E-state index contributed by atoms with van der Waals surface area (Å²) in [4.78, 5) is 0. The van der Waals surface area contributed by atoms with Crippen molar-refractivity contribution in [3.05, 3.63) is 35.7 Å². The third-order valence-corrected chi connectivity index (χ3v) is 2.21. The van der Waals surface area contributed by atoms with Crippen LogP contribution in [0.1, 0.15) is 17.5 Å². The first-order valence-electron chi connectivity index (χ1n) is 3.99. The fourth-order valence-electron chi connectivity index (χ4n) is 1.60. The van der Waals surface area contributed by atoms with Crippen molar-refractivity contribution in [2.24, 2.45) is 0 Å². The zero-order valence-corrected chi connectivity index (χ0v) is 6.38. The summed E-state index contributed by atoms with van der Waals surface area (Å²) in [6.07, 6.45) is 5.39. The Bertz CT molecular complexity index is 266. The van der Waals surface area contributed by atoms with Crippen molar-refractivity contribution in [3.63, 3.8) is 0 Å². The molecule has 0 aromatic heterocycles. The lowest BCUT2D eigenvalue weighted by Gasteiger charge is -2.15. The highest BCUT2D eigenvalue weighted by atomic mass is 16.3. The van der Waals surface area contributed by atoms with E-state index in [0.717, 1.165) is 24.8 Å². The molecule has 1 radical (unpaired) electrons. The normalized spacial score (nSPS) is 16.0. The van der Waals surface area contributed by atoms with Gasteiger partial charge >= 0.3 is 0 Å². The summed E-state index contributed by atoms with van der Waals surface area (Å²) in [5, 5.41) is 9.44. The largest absolute Gasteiger partial charge is 0.508 e. The summed E-state index contributed by atoms with van der Waals surface area (Å²) in [5.74, 6) is 0.468. The van der Waals surface area contributed by atoms with Crippen molar-refractivity contribution in [2.45, 2.75) is 19.3 Å². The monoisotopic (exact) mass is 147 g/mol. The Kier molecular flexibility index (Phi) is 1.57. The van der Waals surface area contributed by atoms with E-state index in [1.807, 2.05) is 6.07 Å². The number of hydrogen-bond donors (Lipinski definition) is 1. The summed E-state index contributed by atoms with van der Waals surface area (Å²) in [6, 6.07) is 5.77. The average Bonchev–Trinajstić information content (AvgIpc) is 2.06. The maximum absolute atomic E-state index is 9.44. The van der Waals surface area contributed by atoms with Gasteiger partial charge in [-0.25, -0.2) is 0 Å². The Morgan fingerprint density at radius 3 is 3.00 bits per heavy atom. The predicted molar refractivity (Wildman–Crippen MR) is 44.4 cm³/mol. The van der Waals surface area contributed by atoms with Gasteiger partial charge in [-0.2, -0.15) is 0 Å². The molecule has 1 aliphatic rings. The fraction of sp³-hybridized carbons (Fsp3) is 0.300. The Labute approximate surface area is 66.7 Å². The zero-order chi connectivity index (χ0) is 7.68. The van der Waals surface area contributed by atoms with Crippen LogP contribution in [-0.2, 0) is 12.8 Å². The van der Waals surface area contributed by atoms with E-state index >= 15 is 0 Å². The molecule has 0 atom stereocenters. The Balaban J connectivity index is 2.49. The lowest BCUT2D eigenvalue weighted by Crippen LogP contribution is -2.02. The molecule has 57 valence electrons. The first-order valence-corrected chi connectivity index (χ1v) is 3.99. The fourth-order valence-corrected chi connectivity index (χ4v) is 1.60. The standard InChI is InChI=1S/C10H11O/c11-10-7-3-5-8-4-1-2-6-9(8)10/h1,3,5,7,11H,2,4,6H2. The molecule has 11 heavy (non-hydrogen) atoms. The number of hydrogen-bond acceptors (Lipinski definition) is 1. The van der Waals surface area contributed by atoms with Gasteiger partial charge in [-0.1, -0.05) is 12.1 Å². The third-order valence-electron chi connectivity index (χ3n) is 2.21. The van der Waals surface area contributed by atoms with E-state index in [-0.39, 0.29) is 0 Å². The number of fused-ring (bicyclic) bond motifs is 1. The molecule has 1 aliphatic carbocycles. The SMILES string of the molecule is Oc1cccc2c1CC[CH]C2. The van der Waals surface area contributed by atoms with Crippen LogP contribution in [0.2, 0.25) is 0 Å². The van der Waals surface area contributed by atoms with Crippen LogP contribution in [0.3, 0.4) is 0 Å². The highest BCUT2D eigenvalue weighted by Crippen LogP contribution is 2.27. The van der Waals surface area contributed by atoms with Crippen molar-refractivity contribution in [3.8, 4) is 5.75 Å². The van der Waals surface area contributed by atoms with Gasteiger partial charge in [0.1, 0.15) is 5.75 Å². The molecule has 0 saturated heterocycles. The summed E-state index contributed by atoms with van der Waals surface area (Å²) >= 11 is 0. The van der Waals surface area contributed by atoms with Crippen molar-refractivity contribution >= 4 is 0 Å². The van der Waals surface area contributed by atoms with Crippen molar-refractivity contribution < 1.29 is 5.11 Å². The molecule has 0 saturated carbocycles. The maximum atomic E-state index is 9.44. The van der Waals surface area contributed by atoms with E-state index < -0.39 is 0 Å². The van der Waals surface area contributed by atoms with E-state index in [9.17, 15) is 5.11 Å². The van der Waals surface area contributed by atoms with E-state index in [1.54, 1.807) is 6.07 Å². The Morgan fingerprint density at radius 2 is 2.18 bits per heavy atom. The molecule has 1 aromatic rings. The molecule has 0 aliphatic heterocycles. The quantitative estimate of drug-likeness (QED) is 0.595. The molecule has 0 bridgehead atoms. The van der Waals surface area contributed by atoms with Gasteiger partial charge in [-0.15, -0.1) is 0 Å². The summed E-state index contributed by atoms with van der Waals surface area (Å²) < 4.78 is 0. The molecule has 2 rings (SSSR count). The van der Waals surface area contributed by atoms with Gasteiger partial charge in [0.05, 0.1) is 0 Å². The number of benzene rings is 1. The van der Waals surface area contributed by atoms with Crippen LogP contribution >= 0.6 is 0 Å². The van der Waals surface area contributed by atoms with Gasteiger partial charge in [0.15, 0.2) is 0 Å². The maximum Gasteiger partial charge on any atom is 0.119 e. The van der Waals surface area contributed by atoms with E-state index in [2.05, 4.69) is 12.5 Å². The van der Waals surface area contributed by atoms with Crippen LogP contribution in [0.5, 0.6) is 5.75 Å². The van der Waals surface area contributed by atoms with E-state index in [0.29, 0.717) is 5.75 Å². The first-order chi connectivity index (χ1) is 5.38.